The number of rotatable bonds is 51. The first-order valence-corrected chi connectivity index (χ1v) is 27.9. The van der Waals surface area contributed by atoms with Crippen molar-refractivity contribution >= 4 is 11.9 Å². The predicted molar refractivity (Wildman–Crippen MR) is 269 cm³/mol. The van der Waals surface area contributed by atoms with E-state index in [1.165, 1.54) is 212 Å². The second kappa shape index (κ2) is 50.6. The minimum Gasteiger partial charge on any atom is -0.462 e. The lowest BCUT2D eigenvalue weighted by atomic mass is 10.0. The molecule has 0 rings (SSSR count). The Kier molecular flexibility index (Phi) is 49.5. The quantitative estimate of drug-likeness (QED) is 0.0321. The predicted octanol–water partition coefficient (Wildman–Crippen LogP) is 16.9. The number of hydrogen-bond acceptors (Lipinski definition) is 5. The first-order valence-electron chi connectivity index (χ1n) is 27.9. The fraction of sp³-hybridized carbons (Fsp3) is 0.929. The van der Waals surface area contributed by atoms with Crippen molar-refractivity contribution in [2.45, 2.75) is 328 Å². The molecule has 0 bridgehead atoms. The average Bonchev–Trinajstić information content (AvgIpc) is 3.26. The number of carbonyl (C=O) groups excluding carboxylic acids is 2. The second-order valence-corrected chi connectivity index (χ2v) is 19.3. The molecule has 0 aromatic heterocycles. The van der Waals surface area contributed by atoms with Gasteiger partial charge in [0.1, 0.15) is 6.10 Å². The van der Waals surface area contributed by atoms with Crippen molar-refractivity contribution in [3.63, 3.8) is 0 Å². The number of amides is 1. The van der Waals surface area contributed by atoms with Gasteiger partial charge in [-0.15, -0.1) is 0 Å². The highest BCUT2D eigenvalue weighted by atomic mass is 16.5. The average molecular weight is 876 g/mol. The number of esters is 1. The number of carbonyl (C=O) groups is 2. The topological polar surface area (TPSA) is 95.9 Å². The Hall–Kier alpha value is -1.40. The van der Waals surface area contributed by atoms with Crippen molar-refractivity contribution in [2.24, 2.45) is 0 Å². The zero-order valence-corrected chi connectivity index (χ0v) is 42.0. The van der Waals surface area contributed by atoms with E-state index in [2.05, 4.69) is 38.2 Å². The monoisotopic (exact) mass is 876 g/mol. The summed E-state index contributed by atoms with van der Waals surface area (Å²) < 4.78 is 5.95. The van der Waals surface area contributed by atoms with Crippen LogP contribution in [0.4, 0.5) is 0 Å². The minimum atomic E-state index is -0.783. The number of ether oxygens (including phenoxy) is 1. The van der Waals surface area contributed by atoms with Crippen LogP contribution in [0, 0.1) is 0 Å². The SMILES string of the molecule is CCCCCCCCCCC/C=C/CCCCCCCC(=O)OC(CCCCCCCCCCCCCCC)CC(=O)NC(CO)C(O)CCCCCCCCCCCCCC. The third-order valence-corrected chi connectivity index (χ3v) is 13.1. The molecule has 0 aliphatic heterocycles. The van der Waals surface area contributed by atoms with Gasteiger partial charge >= 0.3 is 5.97 Å². The maximum absolute atomic E-state index is 13.2. The Bertz CT molecular complexity index is 939. The Morgan fingerprint density at radius 1 is 0.452 bits per heavy atom. The third kappa shape index (κ3) is 45.2. The molecule has 3 unspecified atom stereocenters. The molecule has 3 atom stereocenters. The summed E-state index contributed by atoms with van der Waals surface area (Å²) in [4.78, 5) is 26.2. The molecule has 0 aliphatic rings. The van der Waals surface area contributed by atoms with E-state index in [1.54, 1.807) is 0 Å². The molecule has 3 N–H and O–H groups in total. The highest BCUT2D eigenvalue weighted by Crippen LogP contribution is 2.19. The first kappa shape index (κ1) is 60.6. The number of aliphatic hydroxyl groups is 2. The first-order chi connectivity index (χ1) is 30.5. The lowest BCUT2D eigenvalue weighted by Crippen LogP contribution is -2.46. The smallest absolute Gasteiger partial charge is 0.306 e. The van der Waals surface area contributed by atoms with E-state index in [1.807, 2.05) is 0 Å². The van der Waals surface area contributed by atoms with Crippen LogP contribution in [0.15, 0.2) is 12.2 Å². The van der Waals surface area contributed by atoms with E-state index in [9.17, 15) is 19.8 Å². The fourth-order valence-corrected chi connectivity index (χ4v) is 8.84. The van der Waals surface area contributed by atoms with E-state index >= 15 is 0 Å². The van der Waals surface area contributed by atoms with Crippen molar-refractivity contribution in [2.75, 3.05) is 6.61 Å². The Morgan fingerprint density at radius 2 is 0.774 bits per heavy atom. The van der Waals surface area contributed by atoms with E-state index in [4.69, 9.17) is 4.74 Å². The number of hydrogen-bond donors (Lipinski definition) is 3. The molecule has 0 heterocycles. The Labute approximate surface area is 387 Å². The lowest BCUT2D eigenvalue weighted by molar-refractivity contribution is -0.151. The largest absolute Gasteiger partial charge is 0.462 e. The molecule has 0 saturated heterocycles. The van der Waals surface area contributed by atoms with Gasteiger partial charge in [0, 0.05) is 6.42 Å². The van der Waals surface area contributed by atoms with Gasteiger partial charge in [-0.2, -0.15) is 0 Å². The molecule has 0 aromatic rings. The van der Waals surface area contributed by atoms with Crippen molar-refractivity contribution in [3.8, 4) is 0 Å². The maximum Gasteiger partial charge on any atom is 0.306 e. The molecule has 0 saturated carbocycles. The highest BCUT2D eigenvalue weighted by Gasteiger charge is 2.24. The van der Waals surface area contributed by atoms with Crippen molar-refractivity contribution < 1.29 is 24.5 Å². The highest BCUT2D eigenvalue weighted by molar-refractivity contribution is 5.77. The summed E-state index contributed by atoms with van der Waals surface area (Å²) in [6.45, 7) is 6.51. The molecule has 6 heteroatoms. The standard InChI is InChI=1S/C56H109NO5/c1-4-7-10-13-16-19-22-25-26-27-28-29-31-34-37-40-43-46-49-56(61)62-52(47-44-41-38-35-32-30-23-20-17-14-11-8-5-2)50-55(60)57-53(51-58)54(59)48-45-42-39-36-33-24-21-18-15-12-9-6-3/h28-29,52-54,58-59H,4-27,30-51H2,1-3H3,(H,57,60)/b29-28+. The van der Waals surface area contributed by atoms with Crippen LogP contribution in [0.3, 0.4) is 0 Å². The van der Waals surface area contributed by atoms with Crippen molar-refractivity contribution in [1.29, 1.82) is 0 Å². The van der Waals surface area contributed by atoms with E-state index in [0.29, 0.717) is 19.3 Å². The van der Waals surface area contributed by atoms with Gasteiger partial charge in [-0.05, 0) is 51.4 Å². The number of allylic oxidation sites excluding steroid dienone is 2. The molecule has 0 aliphatic carbocycles. The molecule has 0 fully saturated rings. The second-order valence-electron chi connectivity index (χ2n) is 19.3. The van der Waals surface area contributed by atoms with Gasteiger partial charge in [0.05, 0.1) is 25.2 Å². The Morgan fingerprint density at radius 3 is 1.15 bits per heavy atom. The van der Waals surface area contributed by atoms with Crippen LogP contribution >= 0.6 is 0 Å². The zero-order valence-electron chi connectivity index (χ0n) is 42.0. The summed E-state index contributed by atoms with van der Waals surface area (Å²) in [6.07, 6.45) is 57.0. The third-order valence-electron chi connectivity index (χ3n) is 13.1. The van der Waals surface area contributed by atoms with Gasteiger partial charge in [0.25, 0.3) is 0 Å². The van der Waals surface area contributed by atoms with Crippen molar-refractivity contribution in [3.05, 3.63) is 12.2 Å². The van der Waals surface area contributed by atoms with Crippen LogP contribution in [0.5, 0.6) is 0 Å². The normalized spacial score (nSPS) is 13.2. The number of unbranched alkanes of at least 4 members (excludes halogenated alkanes) is 37. The molecule has 0 spiro atoms. The van der Waals surface area contributed by atoms with Crippen LogP contribution in [0.2, 0.25) is 0 Å². The summed E-state index contributed by atoms with van der Waals surface area (Å²) in [5.41, 5.74) is 0. The van der Waals surface area contributed by atoms with Gasteiger partial charge in [-0.25, -0.2) is 0 Å². The lowest BCUT2D eigenvalue weighted by Gasteiger charge is -2.24. The molecular weight excluding hydrogens is 767 g/mol. The van der Waals surface area contributed by atoms with Gasteiger partial charge in [-0.3, -0.25) is 9.59 Å². The zero-order chi connectivity index (χ0) is 45.2. The fourth-order valence-electron chi connectivity index (χ4n) is 8.84. The van der Waals surface area contributed by atoms with Crippen LogP contribution < -0.4 is 5.32 Å². The van der Waals surface area contributed by atoms with Gasteiger partial charge in [0.2, 0.25) is 5.91 Å². The Balaban J connectivity index is 4.50. The van der Waals surface area contributed by atoms with Crippen LogP contribution in [-0.2, 0) is 14.3 Å². The van der Waals surface area contributed by atoms with Crippen LogP contribution in [0.1, 0.15) is 310 Å². The summed E-state index contributed by atoms with van der Waals surface area (Å²) in [6, 6.07) is -0.696. The van der Waals surface area contributed by atoms with Crippen LogP contribution in [-0.4, -0.2) is 46.9 Å². The molecule has 0 aromatic carbocycles. The van der Waals surface area contributed by atoms with Crippen LogP contribution in [0.25, 0.3) is 0 Å². The summed E-state index contributed by atoms with van der Waals surface area (Å²) in [5.74, 6) is -0.463. The summed E-state index contributed by atoms with van der Waals surface area (Å²) in [7, 11) is 0. The molecular formula is C56H109NO5. The maximum atomic E-state index is 13.2. The van der Waals surface area contributed by atoms with Gasteiger partial charge in [0.15, 0.2) is 0 Å². The number of aliphatic hydroxyl groups excluding tert-OH is 2. The minimum absolute atomic E-state index is 0.0818. The summed E-state index contributed by atoms with van der Waals surface area (Å²) >= 11 is 0. The number of nitrogens with one attached hydrogen (secondary N) is 1. The molecule has 0 radical (unpaired) electrons. The molecule has 62 heavy (non-hydrogen) atoms. The molecule has 368 valence electrons. The van der Waals surface area contributed by atoms with E-state index in [-0.39, 0.29) is 24.9 Å². The van der Waals surface area contributed by atoms with Gasteiger partial charge < -0.3 is 20.3 Å². The van der Waals surface area contributed by atoms with Crippen molar-refractivity contribution in [1.82, 2.24) is 5.32 Å². The summed E-state index contributed by atoms with van der Waals surface area (Å²) in [5, 5.41) is 23.8. The molecule has 6 nitrogen and oxygen atoms in total. The van der Waals surface area contributed by atoms with Gasteiger partial charge in [-0.1, -0.05) is 258 Å². The van der Waals surface area contributed by atoms with E-state index in [0.717, 1.165) is 51.4 Å². The van der Waals surface area contributed by atoms with E-state index < -0.39 is 18.2 Å². The molecule has 1 amide bonds.